The van der Waals surface area contributed by atoms with E-state index in [1.165, 1.54) is 22.9 Å². The van der Waals surface area contributed by atoms with E-state index < -0.39 is 0 Å². The predicted octanol–water partition coefficient (Wildman–Crippen LogP) is 4.53. The summed E-state index contributed by atoms with van der Waals surface area (Å²) in [4.78, 5) is 12.3. The number of hydrogen-bond acceptors (Lipinski definition) is 5. The van der Waals surface area contributed by atoms with Gasteiger partial charge in [0.05, 0.1) is 5.75 Å². The molecule has 7 heteroatoms. The molecule has 0 aliphatic carbocycles. The number of nitrogens with zero attached hydrogens (tertiary/aromatic N) is 3. The highest BCUT2D eigenvalue weighted by molar-refractivity contribution is 7.99. The Kier molecular flexibility index (Phi) is 6.93. The number of ether oxygens (including phenoxy) is 1. The molecule has 2 aromatic carbocycles. The van der Waals surface area contributed by atoms with Gasteiger partial charge in [-0.25, -0.2) is 0 Å². The molecule has 29 heavy (non-hydrogen) atoms. The van der Waals surface area contributed by atoms with E-state index in [0.717, 1.165) is 22.8 Å². The van der Waals surface area contributed by atoms with E-state index in [0.29, 0.717) is 18.3 Å². The number of carbonyl (C=O) groups is 1. The Morgan fingerprint density at radius 1 is 1.07 bits per heavy atom. The lowest BCUT2D eigenvalue weighted by Crippen LogP contribution is -2.15. The van der Waals surface area contributed by atoms with Crippen LogP contribution in [0.4, 0.5) is 5.69 Å². The molecule has 0 aliphatic rings. The van der Waals surface area contributed by atoms with Crippen LogP contribution in [0.3, 0.4) is 0 Å². The third-order valence-electron chi connectivity index (χ3n) is 4.62. The van der Waals surface area contributed by atoms with Crippen molar-refractivity contribution in [1.82, 2.24) is 14.8 Å². The summed E-state index contributed by atoms with van der Waals surface area (Å²) < 4.78 is 7.79. The number of carbonyl (C=O) groups excluding carboxylic acids is 1. The summed E-state index contributed by atoms with van der Waals surface area (Å²) in [5.41, 5.74) is 4.35. The molecule has 1 heterocycles. The number of anilines is 1. The van der Waals surface area contributed by atoms with Crippen LogP contribution < -0.4 is 10.1 Å². The van der Waals surface area contributed by atoms with Crippen molar-refractivity contribution in [1.29, 1.82) is 0 Å². The van der Waals surface area contributed by atoms with E-state index in [1.54, 1.807) is 0 Å². The second kappa shape index (κ2) is 9.60. The maximum Gasteiger partial charge on any atom is 0.234 e. The summed E-state index contributed by atoms with van der Waals surface area (Å²) in [6.45, 7) is 9.19. The van der Waals surface area contributed by atoms with Gasteiger partial charge in [0.2, 0.25) is 5.91 Å². The standard InChI is InChI=1S/C22H26N4O2S/c1-5-26-20(13-28-19-10-6-15(2)7-11-19)24-25-22(26)29-14-21(27)23-18-9-8-16(3)17(4)12-18/h6-12H,5,13-14H2,1-4H3,(H,23,27). The molecule has 1 N–H and O–H groups in total. The minimum Gasteiger partial charge on any atom is -0.486 e. The van der Waals surface area contributed by atoms with Crippen LogP contribution in [0.25, 0.3) is 0 Å². The van der Waals surface area contributed by atoms with Gasteiger partial charge in [-0.3, -0.25) is 4.79 Å². The van der Waals surface area contributed by atoms with Crippen LogP contribution in [0.2, 0.25) is 0 Å². The Hall–Kier alpha value is -2.80. The van der Waals surface area contributed by atoms with Gasteiger partial charge in [0.1, 0.15) is 12.4 Å². The number of aromatic nitrogens is 3. The van der Waals surface area contributed by atoms with Crippen molar-refractivity contribution >= 4 is 23.4 Å². The van der Waals surface area contributed by atoms with Crippen LogP contribution in [-0.4, -0.2) is 26.4 Å². The molecule has 3 rings (SSSR count). The van der Waals surface area contributed by atoms with Gasteiger partial charge in [0.15, 0.2) is 11.0 Å². The maximum atomic E-state index is 12.3. The van der Waals surface area contributed by atoms with Crippen LogP contribution in [0, 0.1) is 20.8 Å². The van der Waals surface area contributed by atoms with Crippen LogP contribution in [0.5, 0.6) is 5.75 Å². The first-order valence-electron chi connectivity index (χ1n) is 9.57. The van der Waals surface area contributed by atoms with Gasteiger partial charge in [-0.1, -0.05) is 35.5 Å². The number of thioether (sulfide) groups is 1. The minimum absolute atomic E-state index is 0.0682. The Morgan fingerprint density at radius 3 is 2.52 bits per heavy atom. The number of nitrogens with one attached hydrogen (secondary N) is 1. The van der Waals surface area contributed by atoms with E-state index >= 15 is 0 Å². The molecular formula is C22H26N4O2S. The molecule has 0 fully saturated rings. The summed E-state index contributed by atoms with van der Waals surface area (Å²) in [5.74, 6) is 1.74. The fourth-order valence-electron chi connectivity index (χ4n) is 2.78. The molecule has 3 aromatic rings. The zero-order chi connectivity index (χ0) is 20.8. The van der Waals surface area contributed by atoms with Gasteiger partial charge in [-0.2, -0.15) is 0 Å². The molecule has 0 radical (unpaired) electrons. The predicted molar refractivity (Wildman–Crippen MR) is 116 cm³/mol. The second-order valence-electron chi connectivity index (χ2n) is 6.88. The minimum atomic E-state index is -0.0682. The zero-order valence-corrected chi connectivity index (χ0v) is 18.0. The number of benzene rings is 2. The molecule has 152 valence electrons. The molecule has 0 atom stereocenters. The fraction of sp³-hybridized carbons (Fsp3) is 0.318. The highest BCUT2D eigenvalue weighted by Crippen LogP contribution is 2.20. The van der Waals surface area contributed by atoms with Crippen LogP contribution >= 0.6 is 11.8 Å². The van der Waals surface area contributed by atoms with E-state index in [-0.39, 0.29) is 11.7 Å². The molecule has 6 nitrogen and oxygen atoms in total. The summed E-state index contributed by atoms with van der Waals surface area (Å²) in [7, 11) is 0. The fourth-order valence-corrected chi connectivity index (χ4v) is 3.60. The maximum absolute atomic E-state index is 12.3. The average molecular weight is 411 g/mol. The first-order chi connectivity index (χ1) is 14.0. The monoisotopic (exact) mass is 410 g/mol. The molecule has 1 amide bonds. The summed E-state index contributed by atoms with van der Waals surface area (Å²) in [6, 6.07) is 13.8. The highest BCUT2D eigenvalue weighted by atomic mass is 32.2. The van der Waals surface area contributed by atoms with Crippen molar-refractivity contribution in [2.75, 3.05) is 11.1 Å². The van der Waals surface area contributed by atoms with Crippen molar-refractivity contribution in [3.8, 4) is 5.75 Å². The van der Waals surface area contributed by atoms with Crippen molar-refractivity contribution in [2.24, 2.45) is 0 Å². The van der Waals surface area contributed by atoms with Crippen molar-refractivity contribution in [2.45, 2.75) is 46.0 Å². The van der Waals surface area contributed by atoms with Crippen LogP contribution in [0.15, 0.2) is 47.6 Å². The SMILES string of the molecule is CCn1c(COc2ccc(C)cc2)nnc1SCC(=O)Nc1ccc(C)c(C)c1. The normalized spacial score (nSPS) is 10.8. The Morgan fingerprint density at radius 2 is 1.83 bits per heavy atom. The van der Waals surface area contributed by atoms with E-state index in [2.05, 4.69) is 22.4 Å². The molecule has 0 saturated heterocycles. The topological polar surface area (TPSA) is 69.0 Å². The summed E-state index contributed by atoms with van der Waals surface area (Å²) >= 11 is 1.37. The highest BCUT2D eigenvalue weighted by Gasteiger charge is 2.14. The Bertz CT molecular complexity index is 983. The van der Waals surface area contributed by atoms with Gasteiger partial charge in [-0.15, -0.1) is 10.2 Å². The van der Waals surface area contributed by atoms with Gasteiger partial charge in [-0.05, 0) is 63.1 Å². The van der Waals surface area contributed by atoms with Crippen LogP contribution in [0.1, 0.15) is 29.4 Å². The molecule has 0 spiro atoms. The summed E-state index contributed by atoms with van der Waals surface area (Å²) in [5, 5.41) is 12.1. The van der Waals surface area contributed by atoms with Gasteiger partial charge in [0.25, 0.3) is 0 Å². The molecule has 0 saturated carbocycles. The number of aryl methyl sites for hydroxylation is 3. The number of amides is 1. The summed E-state index contributed by atoms with van der Waals surface area (Å²) in [6.07, 6.45) is 0. The first kappa shape index (κ1) is 20.9. The average Bonchev–Trinajstić information content (AvgIpc) is 3.10. The lowest BCUT2D eigenvalue weighted by atomic mass is 10.1. The van der Waals surface area contributed by atoms with E-state index in [1.807, 2.05) is 67.8 Å². The van der Waals surface area contributed by atoms with Crippen molar-refractivity contribution in [3.05, 3.63) is 65.0 Å². The van der Waals surface area contributed by atoms with Gasteiger partial charge >= 0.3 is 0 Å². The Balaban J connectivity index is 1.57. The van der Waals surface area contributed by atoms with Crippen LogP contribution in [-0.2, 0) is 17.9 Å². The van der Waals surface area contributed by atoms with Crippen molar-refractivity contribution < 1.29 is 9.53 Å². The smallest absolute Gasteiger partial charge is 0.234 e. The molecule has 0 aliphatic heterocycles. The van der Waals surface area contributed by atoms with E-state index in [4.69, 9.17) is 4.74 Å². The molecular weight excluding hydrogens is 384 g/mol. The molecule has 0 unspecified atom stereocenters. The molecule has 0 bridgehead atoms. The number of rotatable bonds is 8. The van der Waals surface area contributed by atoms with Gasteiger partial charge < -0.3 is 14.6 Å². The Labute approximate surface area is 175 Å². The second-order valence-corrected chi connectivity index (χ2v) is 7.82. The van der Waals surface area contributed by atoms with Crippen molar-refractivity contribution in [3.63, 3.8) is 0 Å². The number of hydrogen-bond donors (Lipinski definition) is 1. The molecule has 1 aromatic heterocycles. The largest absolute Gasteiger partial charge is 0.486 e. The van der Waals surface area contributed by atoms with E-state index in [9.17, 15) is 4.79 Å². The quantitative estimate of drug-likeness (QED) is 0.553. The third-order valence-corrected chi connectivity index (χ3v) is 5.59. The third kappa shape index (κ3) is 5.60. The zero-order valence-electron chi connectivity index (χ0n) is 17.2. The first-order valence-corrected chi connectivity index (χ1v) is 10.6. The lowest BCUT2D eigenvalue weighted by Gasteiger charge is -2.10. The van der Waals surface area contributed by atoms with Gasteiger partial charge in [0, 0.05) is 12.2 Å². The lowest BCUT2D eigenvalue weighted by molar-refractivity contribution is -0.113.